The molecule has 5 heteroatoms. The van der Waals surface area contributed by atoms with Gasteiger partial charge in [-0.25, -0.2) is 0 Å². The summed E-state index contributed by atoms with van der Waals surface area (Å²) in [6.45, 7) is 4.76. The SMILES string of the molecule is C[C@@H]1[C@H](/C=C(/C#N)C(N)=S)C(=O)[C@@H](C)C[NH+]1C. The third kappa shape index (κ3) is 2.90. The lowest BCUT2D eigenvalue weighted by molar-refractivity contribution is -0.911. The summed E-state index contributed by atoms with van der Waals surface area (Å²) < 4.78 is 0. The van der Waals surface area contributed by atoms with Crippen LogP contribution in [0.1, 0.15) is 13.8 Å². The summed E-state index contributed by atoms with van der Waals surface area (Å²) in [5.41, 5.74) is 5.69. The Labute approximate surface area is 107 Å². The average Bonchev–Trinajstić information content (AvgIpc) is 2.26. The van der Waals surface area contributed by atoms with Crippen LogP contribution in [0.25, 0.3) is 0 Å². The standard InChI is InChI=1S/C12H17N3OS/c1-7-6-15(3)8(2)10(11(7)16)4-9(5-13)12(14)17/h4,7-8,10H,6H2,1-3H3,(H2,14,17)/p+1/b9-4-/t7-,8+,10-/m0/s1. The molecule has 0 aromatic carbocycles. The minimum absolute atomic E-state index is 0.0127. The van der Waals surface area contributed by atoms with E-state index in [9.17, 15) is 4.79 Å². The van der Waals surface area contributed by atoms with Crippen molar-refractivity contribution in [3.63, 3.8) is 0 Å². The first-order valence-electron chi connectivity index (χ1n) is 5.66. The van der Waals surface area contributed by atoms with E-state index in [0.717, 1.165) is 6.54 Å². The molecule has 17 heavy (non-hydrogen) atoms. The number of piperidine rings is 1. The summed E-state index contributed by atoms with van der Waals surface area (Å²) in [5, 5.41) is 8.93. The van der Waals surface area contributed by atoms with Crippen molar-refractivity contribution in [2.24, 2.45) is 17.6 Å². The Hall–Kier alpha value is -1.25. The molecule has 0 spiro atoms. The summed E-state index contributed by atoms with van der Waals surface area (Å²) in [6, 6.07) is 2.10. The van der Waals surface area contributed by atoms with E-state index < -0.39 is 0 Å². The van der Waals surface area contributed by atoms with E-state index in [-0.39, 0.29) is 34.2 Å². The molecule has 0 saturated carbocycles. The Kier molecular flexibility index (Phi) is 4.38. The van der Waals surface area contributed by atoms with Crippen molar-refractivity contribution in [1.82, 2.24) is 0 Å². The highest BCUT2D eigenvalue weighted by atomic mass is 32.1. The maximum atomic E-state index is 12.1. The van der Waals surface area contributed by atoms with Gasteiger partial charge in [0, 0.05) is 0 Å². The Morgan fingerprint density at radius 3 is 2.71 bits per heavy atom. The Morgan fingerprint density at radius 2 is 2.24 bits per heavy atom. The first-order chi connectivity index (χ1) is 7.88. The number of quaternary nitrogens is 1. The van der Waals surface area contributed by atoms with Crippen LogP contribution in [-0.4, -0.2) is 30.4 Å². The van der Waals surface area contributed by atoms with Gasteiger partial charge in [0.25, 0.3) is 0 Å². The molecule has 1 saturated heterocycles. The molecule has 1 aliphatic heterocycles. The Morgan fingerprint density at radius 1 is 1.65 bits per heavy atom. The molecule has 1 heterocycles. The van der Waals surface area contributed by atoms with Gasteiger partial charge in [-0.1, -0.05) is 19.1 Å². The molecule has 0 radical (unpaired) electrons. The first kappa shape index (κ1) is 13.8. The molecule has 1 rings (SSSR count). The molecule has 1 aliphatic rings. The van der Waals surface area contributed by atoms with Crippen molar-refractivity contribution in [1.29, 1.82) is 5.26 Å². The minimum Gasteiger partial charge on any atom is -0.389 e. The van der Waals surface area contributed by atoms with Gasteiger partial charge in [-0.2, -0.15) is 5.26 Å². The third-order valence-corrected chi connectivity index (χ3v) is 3.71. The molecule has 1 unspecified atom stereocenters. The van der Waals surface area contributed by atoms with Crippen LogP contribution in [0.4, 0.5) is 0 Å². The number of nitrogens with one attached hydrogen (secondary N) is 1. The van der Waals surface area contributed by atoms with Crippen LogP contribution in [0.5, 0.6) is 0 Å². The number of nitriles is 1. The predicted octanol–water partition coefficient (Wildman–Crippen LogP) is -0.539. The largest absolute Gasteiger partial charge is 0.389 e. The topological polar surface area (TPSA) is 71.3 Å². The van der Waals surface area contributed by atoms with Gasteiger partial charge in [0.05, 0.1) is 37.0 Å². The maximum Gasteiger partial charge on any atom is 0.154 e. The molecule has 0 amide bonds. The molecular weight excluding hydrogens is 234 g/mol. The predicted molar refractivity (Wildman–Crippen MR) is 69.4 cm³/mol. The van der Waals surface area contributed by atoms with Crippen LogP contribution in [-0.2, 0) is 4.79 Å². The maximum absolute atomic E-state index is 12.1. The highest BCUT2D eigenvalue weighted by molar-refractivity contribution is 7.80. The second-order valence-electron chi connectivity index (χ2n) is 4.72. The minimum atomic E-state index is -0.269. The molecule has 0 aromatic rings. The van der Waals surface area contributed by atoms with Gasteiger partial charge in [0.15, 0.2) is 5.78 Å². The number of Topliss-reactive ketones (excluding diaryl/α,β-unsaturated/α-hetero) is 1. The van der Waals surface area contributed by atoms with E-state index in [1.54, 1.807) is 6.08 Å². The lowest BCUT2D eigenvalue weighted by Crippen LogP contribution is -3.15. The monoisotopic (exact) mass is 252 g/mol. The highest BCUT2D eigenvalue weighted by Crippen LogP contribution is 2.17. The summed E-state index contributed by atoms with van der Waals surface area (Å²) in [7, 11) is 2.06. The second-order valence-corrected chi connectivity index (χ2v) is 5.16. The molecule has 92 valence electrons. The van der Waals surface area contributed by atoms with Crippen LogP contribution < -0.4 is 10.6 Å². The fraction of sp³-hybridized carbons (Fsp3) is 0.583. The van der Waals surface area contributed by atoms with Crippen LogP contribution in [0.3, 0.4) is 0 Å². The van der Waals surface area contributed by atoms with Crippen molar-refractivity contribution in [3.05, 3.63) is 11.6 Å². The summed E-state index contributed by atoms with van der Waals surface area (Å²) in [6.07, 6.45) is 1.63. The molecule has 0 bridgehead atoms. The van der Waals surface area contributed by atoms with E-state index in [2.05, 4.69) is 7.05 Å². The number of carbonyl (C=O) groups is 1. The number of nitrogens with two attached hydrogens (primary N) is 1. The molecule has 3 N–H and O–H groups in total. The number of thiocarbonyl (C=S) groups is 1. The van der Waals surface area contributed by atoms with Crippen molar-refractivity contribution in [3.8, 4) is 6.07 Å². The zero-order valence-corrected chi connectivity index (χ0v) is 11.2. The van der Waals surface area contributed by atoms with Gasteiger partial charge in [0.2, 0.25) is 0 Å². The third-order valence-electron chi connectivity index (χ3n) is 3.49. The lowest BCUT2D eigenvalue weighted by Gasteiger charge is -2.34. The molecule has 1 fully saturated rings. The van der Waals surface area contributed by atoms with E-state index in [1.165, 1.54) is 4.90 Å². The Balaban J connectivity index is 3.05. The van der Waals surface area contributed by atoms with Gasteiger partial charge in [-0.05, 0) is 13.0 Å². The van der Waals surface area contributed by atoms with E-state index in [1.807, 2.05) is 19.9 Å². The highest BCUT2D eigenvalue weighted by Gasteiger charge is 2.39. The van der Waals surface area contributed by atoms with Crippen LogP contribution >= 0.6 is 12.2 Å². The lowest BCUT2D eigenvalue weighted by atomic mass is 9.82. The fourth-order valence-corrected chi connectivity index (χ4v) is 2.35. The smallest absolute Gasteiger partial charge is 0.154 e. The van der Waals surface area contributed by atoms with Gasteiger partial charge in [-0.3, -0.25) is 4.79 Å². The number of likely N-dealkylation sites (tertiary alicyclic amines) is 1. The van der Waals surface area contributed by atoms with E-state index in [0.29, 0.717) is 0 Å². The van der Waals surface area contributed by atoms with Gasteiger partial charge in [0.1, 0.15) is 11.1 Å². The van der Waals surface area contributed by atoms with Crippen molar-refractivity contribution in [2.75, 3.05) is 13.6 Å². The summed E-state index contributed by atoms with van der Waals surface area (Å²) in [5.74, 6) is -0.0826. The second kappa shape index (κ2) is 5.39. The number of rotatable bonds is 2. The van der Waals surface area contributed by atoms with Crippen LogP contribution in [0.15, 0.2) is 11.6 Å². The number of nitrogens with zero attached hydrogens (tertiary/aromatic N) is 1. The molecule has 4 nitrogen and oxygen atoms in total. The quantitative estimate of drug-likeness (QED) is 0.393. The number of hydrogen-bond acceptors (Lipinski definition) is 3. The first-order valence-corrected chi connectivity index (χ1v) is 6.07. The van der Waals surface area contributed by atoms with E-state index >= 15 is 0 Å². The summed E-state index contributed by atoms with van der Waals surface area (Å²) >= 11 is 4.79. The summed E-state index contributed by atoms with van der Waals surface area (Å²) in [4.78, 5) is 13.5. The van der Waals surface area contributed by atoms with Crippen LogP contribution in [0, 0.1) is 23.2 Å². The molecule has 4 atom stereocenters. The number of ketones is 1. The van der Waals surface area contributed by atoms with Crippen molar-refractivity contribution in [2.45, 2.75) is 19.9 Å². The van der Waals surface area contributed by atoms with Gasteiger partial charge in [-0.15, -0.1) is 0 Å². The fourth-order valence-electron chi connectivity index (χ4n) is 2.23. The molecule has 0 aliphatic carbocycles. The zero-order valence-electron chi connectivity index (χ0n) is 10.4. The average molecular weight is 252 g/mol. The van der Waals surface area contributed by atoms with Crippen LogP contribution in [0.2, 0.25) is 0 Å². The zero-order chi connectivity index (χ0) is 13.2. The Bertz CT molecular complexity index is 410. The van der Waals surface area contributed by atoms with Gasteiger partial charge < -0.3 is 10.6 Å². The van der Waals surface area contributed by atoms with Crippen molar-refractivity contribution < 1.29 is 9.69 Å². The molecular formula is C12H18N3OS+. The van der Waals surface area contributed by atoms with E-state index in [4.69, 9.17) is 23.2 Å². The normalized spacial score (nSPS) is 34.2. The number of hydrogen-bond donors (Lipinski definition) is 2. The molecule has 0 aromatic heterocycles. The van der Waals surface area contributed by atoms with Gasteiger partial charge >= 0.3 is 0 Å². The number of carbonyl (C=O) groups excluding carboxylic acids is 1. The van der Waals surface area contributed by atoms with Crippen molar-refractivity contribution >= 4 is 23.0 Å².